The first-order valence-corrected chi connectivity index (χ1v) is 9.97. The van der Waals surface area contributed by atoms with Crippen LogP contribution in [0.1, 0.15) is 59.8 Å². The molecule has 1 fully saturated rings. The van der Waals surface area contributed by atoms with Crippen LogP contribution in [0.2, 0.25) is 0 Å². The molecule has 0 aromatic rings. The van der Waals surface area contributed by atoms with Crippen LogP contribution in [0, 0.1) is 11.8 Å². The standard InChI is InChI=1S/C19H40N4O/c1-5-7-18(10-13-24)15-22-19(20-6-2)21-14-17(4)23-11-8-16(3)9-12-23/h16-18,24H,5-15H2,1-4H3,(H2,20,21,22). The SMILES string of the molecule is CCCC(CCO)CN=C(NCC)NCC(C)N1CCC(C)CC1. The van der Waals surface area contributed by atoms with Crippen molar-refractivity contribution in [2.75, 3.05) is 39.3 Å². The average Bonchev–Trinajstić information content (AvgIpc) is 2.58. The molecule has 0 radical (unpaired) electrons. The minimum atomic E-state index is 0.259. The van der Waals surface area contributed by atoms with Crippen LogP contribution < -0.4 is 10.6 Å². The van der Waals surface area contributed by atoms with Gasteiger partial charge in [0.25, 0.3) is 0 Å². The third-order valence-electron chi connectivity index (χ3n) is 5.09. The first kappa shape index (κ1) is 21.2. The summed E-state index contributed by atoms with van der Waals surface area (Å²) in [5.74, 6) is 2.27. The van der Waals surface area contributed by atoms with Gasteiger partial charge in [0.05, 0.1) is 0 Å². The lowest BCUT2D eigenvalue weighted by Gasteiger charge is -2.35. The third kappa shape index (κ3) is 8.34. The minimum absolute atomic E-state index is 0.259. The number of rotatable bonds is 10. The number of likely N-dealkylation sites (tertiary alicyclic amines) is 1. The van der Waals surface area contributed by atoms with E-state index in [0.29, 0.717) is 12.0 Å². The number of aliphatic hydroxyl groups excluding tert-OH is 1. The van der Waals surface area contributed by atoms with Gasteiger partial charge >= 0.3 is 0 Å². The summed E-state index contributed by atoms with van der Waals surface area (Å²) >= 11 is 0. The number of nitrogens with one attached hydrogen (secondary N) is 2. The summed E-state index contributed by atoms with van der Waals surface area (Å²) in [6, 6.07) is 0.533. The van der Waals surface area contributed by atoms with Crippen LogP contribution in [-0.2, 0) is 0 Å². The van der Waals surface area contributed by atoms with Crippen molar-refractivity contribution in [2.24, 2.45) is 16.8 Å². The number of guanidine groups is 1. The van der Waals surface area contributed by atoms with Gasteiger partial charge in [-0.2, -0.15) is 0 Å². The molecular formula is C19H40N4O. The van der Waals surface area contributed by atoms with E-state index in [9.17, 15) is 5.11 Å². The monoisotopic (exact) mass is 340 g/mol. The third-order valence-corrected chi connectivity index (χ3v) is 5.09. The highest BCUT2D eigenvalue weighted by Crippen LogP contribution is 2.17. The van der Waals surface area contributed by atoms with Crippen LogP contribution in [0.3, 0.4) is 0 Å². The summed E-state index contributed by atoms with van der Waals surface area (Å²) in [7, 11) is 0. The van der Waals surface area contributed by atoms with Crippen LogP contribution in [0.15, 0.2) is 4.99 Å². The molecule has 0 aliphatic carbocycles. The van der Waals surface area contributed by atoms with Crippen molar-refractivity contribution < 1.29 is 5.11 Å². The van der Waals surface area contributed by atoms with Gasteiger partial charge in [0.2, 0.25) is 0 Å². The van der Waals surface area contributed by atoms with Gasteiger partial charge in [0, 0.05) is 32.3 Å². The molecule has 0 aromatic heterocycles. The van der Waals surface area contributed by atoms with Crippen LogP contribution in [0.5, 0.6) is 0 Å². The van der Waals surface area contributed by atoms with E-state index in [2.05, 4.69) is 43.2 Å². The smallest absolute Gasteiger partial charge is 0.191 e. The summed E-state index contributed by atoms with van der Waals surface area (Å²) in [4.78, 5) is 7.33. The van der Waals surface area contributed by atoms with Crippen molar-refractivity contribution >= 4 is 5.96 Å². The number of hydrogen-bond acceptors (Lipinski definition) is 3. The molecule has 1 saturated heterocycles. The lowest BCUT2D eigenvalue weighted by molar-refractivity contribution is 0.147. The molecule has 0 saturated carbocycles. The van der Waals surface area contributed by atoms with E-state index in [1.165, 1.54) is 25.9 Å². The van der Waals surface area contributed by atoms with Gasteiger partial charge in [-0.3, -0.25) is 9.89 Å². The molecule has 1 aliphatic heterocycles. The Bertz CT molecular complexity index is 334. The summed E-state index contributed by atoms with van der Waals surface area (Å²) < 4.78 is 0. The summed E-state index contributed by atoms with van der Waals surface area (Å²) in [6.07, 6.45) is 5.76. The second-order valence-corrected chi connectivity index (χ2v) is 7.34. The lowest BCUT2D eigenvalue weighted by atomic mass is 9.98. The molecule has 3 N–H and O–H groups in total. The molecule has 24 heavy (non-hydrogen) atoms. The molecule has 0 bridgehead atoms. The molecule has 0 amide bonds. The topological polar surface area (TPSA) is 59.9 Å². The molecule has 1 aliphatic rings. The first-order chi connectivity index (χ1) is 11.6. The van der Waals surface area contributed by atoms with Gasteiger partial charge in [0.1, 0.15) is 0 Å². The van der Waals surface area contributed by atoms with Crippen molar-refractivity contribution in [2.45, 2.75) is 65.8 Å². The molecule has 2 unspecified atom stereocenters. The maximum absolute atomic E-state index is 9.19. The van der Waals surface area contributed by atoms with Crippen LogP contribution in [0.4, 0.5) is 0 Å². The summed E-state index contributed by atoms with van der Waals surface area (Å²) in [5.41, 5.74) is 0. The zero-order valence-corrected chi connectivity index (χ0v) is 16.4. The van der Waals surface area contributed by atoms with Crippen molar-refractivity contribution in [3.05, 3.63) is 0 Å². The average molecular weight is 341 g/mol. The van der Waals surface area contributed by atoms with Crippen molar-refractivity contribution in [3.8, 4) is 0 Å². The van der Waals surface area contributed by atoms with Crippen LogP contribution in [-0.4, -0.2) is 61.3 Å². The number of nitrogens with zero attached hydrogens (tertiary/aromatic N) is 2. The Morgan fingerprint density at radius 1 is 1.21 bits per heavy atom. The molecule has 5 heteroatoms. The zero-order chi connectivity index (χ0) is 17.8. The predicted molar refractivity (Wildman–Crippen MR) is 104 cm³/mol. The second kappa shape index (κ2) is 12.5. The van der Waals surface area contributed by atoms with Crippen molar-refractivity contribution in [1.82, 2.24) is 15.5 Å². The minimum Gasteiger partial charge on any atom is -0.396 e. The maximum Gasteiger partial charge on any atom is 0.191 e. The normalized spacial score (nSPS) is 20.0. The van der Waals surface area contributed by atoms with Gasteiger partial charge in [-0.25, -0.2) is 0 Å². The number of piperidine rings is 1. The Kier molecular flexibility index (Phi) is 11.1. The van der Waals surface area contributed by atoms with Gasteiger partial charge in [-0.1, -0.05) is 20.3 Å². The van der Waals surface area contributed by atoms with Gasteiger partial charge in [0.15, 0.2) is 5.96 Å². The Morgan fingerprint density at radius 3 is 2.50 bits per heavy atom. The zero-order valence-electron chi connectivity index (χ0n) is 16.4. The highest BCUT2D eigenvalue weighted by molar-refractivity contribution is 5.79. The number of aliphatic imine (C=N–C) groups is 1. The van der Waals surface area contributed by atoms with E-state index in [1.807, 2.05) is 0 Å². The predicted octanol–water partition coefficient (Wildman–Crippen LogP) is 2.46. The highest BCUT2D eigenvalue weighted by Gasteiger charge is 2.20. The fourth-order valence-corrected chi connectivity index (χ4v) is 3.32. The van der Waals surface area contributed by atoms with E-state index in [-0.39, 0.29) is 6.61 Å². The molecule has 0 spiro atoms. The molecule has 2 atom stereocenters. The van der Waals surface area contributed by atoms with Crippen LogP contribution in [0.25, 0.3) is 0 Å². The second-order valence-electron chi connectivity index (χ2n) is 7.34. The fraction of sp³-hybridized carbons (Fsp3) is 0.947. The van der Waals surface area contributed by atoms with E-state index in [4.69, 9.17) is 4.99 Å². The molecule has 142 valence electrons. The quantitative estimate of drug-likeness (QED) is 0.422. The number of aliphatic hydroxyl groups is 1. The lowest BCUT2D eigenvalue weighted by Crippen LogP contribution is -2.48. The molecule has 1 rings (SSSR count). The Balaban J connectivity index is 2.44. The summed E-state index contributed by atoms with van der Waals surface area (Å²) in [5, 5.41) is 16.0. The summed E-state index contributed by atoms with van der Waals surface area (Å²) in [6.45, 7) is 14.2. The molecular weight excluding hydrogens is 300 g/mol. The first-order valence-electron chi connectivity index (χ1n) is 9.97. The van der Waals surface area contributed by atoms with Crippen molar-refractivity contribution in [1.29, 1.82) is 0 Å². The van der Waals surface area contributed by atoms with E-state index in [0.717, 1.165) is 50.8 Å². The Hall–Kier alpha value is -0.810. The Labute approximate surface area is 149 Å². The van der Waals surface area contributed by atoms with Gasteiger partial charge in [-0.05, 0) is 64.5 Å². The number of hydrogen-bond donors (Lipinski definition) is 3. The Morgan fingerprint density at radius 2 is 1.92 bits per heavy atom. The van der Waals surface area contributed by atoms with Gasteiger partial charge < -0.3 is 15.7 Å². The van der Waals surface area contributed by atoms with E-state index in [1.54, 1.807) is 0 Å². The molecule has 0 aromatic carbocycles. The van der Waals surface area contributed by atoms with Crippen LogP contribution >= 0.6 is 0 Å². The van der Waals surface area contributed by atoms with Crippen molar-refractivity contribution in [3.63, 3.8) is 0 Å². The maximum atomic E-state index is 9.19. The van der Waals surface area contributed by atoms with E-state index >= 15 is 0 Å². The largest absolute Gasteiger partial charge is 0.396 e. The molecule has 1 heterocycles. The highest BCUT2D eigenvalue weighted by atomic mass is 16.3. The van der Waals surface area contributed by atoms with Gasteiger partial charge in [-0.15, -0.1) is 0 Å². The fourth-order valence-electron chi connectivity index (χ4n) is 3.32. The van der Waals surface area contributed by atoms with E-state index < -0.39 is 0 Å². The molecule has 5 nitrogen and oxygen atoms in total.